The van der Waals surface area contributed by atoms with Crippen LogP contribution in [0.1, 0.15) is 39.5 Å². The van der Waals surface area contributed by atoms with Crippen molar-refractivity contribution in [1.82, 2.24) is 0 Å². The molecule has 0 N–H and O–H groups in total. The Morgan fingerprint density at radius 2 is 1.30 bits per heavy atom. The molecule has 0 radical (unpaired) electrons. The Labute approximate surface area is 119 Å². The molecule has 0 saturated heterocycles. The van der Waals surface area contributed by atoms with Crippen molar-refractivity contribution in [3.05, 3.63) is 12.2 Å². The van der Waals surface area contributed by atoms with Gasteiger partial charge >= 0.3 is 17.9 Å². The lowest BCUT2D eigenvalue weighted by atomic mass is 10.4. The summed E-state index contributed by atoms with van der Waals surface area (Å²) in [4.78, 5) is 33.4. The van der Waals surface area contributed by atoms with Gasteiger partial charge in [-0.15, -0.1) is 0 Å². The minimum Gasteiger partial charge on any atom is -0.463 e. The lowest BCUT2D eigenvalue weighted by Gasteiger charge is -2.03. The molecule has 20 heavy (non-hydrogen) atoms. The minimum atomic E-state index is -0.787. The highest BCUT2D eigenvalue weighted by Crippen LogP contribution is 1.92. The molecule has 6 nitrogen and oxygen atoms in total. The van der Waals surface area contributed by atoms with Crippen molar-refractivity contribution in [1.29, 1.82) is 0 Å². The Hall–Kier alpha value is -1.85. The Morgan fingerprint density at radius 1 is 0.800 bits per heavy atom. The highest BCUT2D eigenvalue weighted by atomic mass is 16.6. The zero-order valence-corrected chi connectivity index (χ0v) is 12.1. The normalized spacial score (nSPS) is 10.3. The number of ether oxygens (including phenoxy) is 3. The number of rotatable bonds is 10. The zero-order valence-electron chi connectivity index (χ0n) is 12.1. The summed E-state index contributed by atoms with van der Waals surface area (Å²) >= 11 is 0. The summed E-state index contributed by atoms with van der Waals surface area (Å²) in [5, 5.41) is 0. The predicted molar refractivity (Wildman–Crippen MR) is 71.8 cm³/mol. The minimum absolute atomic E-state index is 0.312. The van der Waals surface area contributed by atoms with Gasteiger partial charge in [0.25, 0.3) is 0 Å². The van der Waals surface area contributed by atoms with Crippen molar-refractivity contribution in [3.63, 3.8) is 0 Å². The maximum atomic E-state index is 11.2. The maximum Gasteiger partial charge on any atom is 0.344 e. The quantitative estimate of drug-likeness (QED) is 0.263. The summed E-state index contributed by atoms with van der Waals surface area (Å²) in [6.45, 7) is 4.11. The van der Waals surface area contributed by atoms with Crippen LogP contribution < -0.4 is 0 Å². The molecule has 0 fully saturated rings. The van der Waals surface area contributed by atoms with Gasteiger partial charge in [-0.1, -0.05) is 26.7 Å². The van der Waals surface area contributed by atoms with E-state index >= 15 is 0 Å². The van der Waals surface area contributed by atoms with Crippen LogP contribution in [0.15, 0.2) is 12.2 Å². The van der Waals surface area contributed by atoms with Crippen molar-refractivity contribution in [2.75, 3.05) is 19.8 Å². The molecule has 0 aromatic heterocycles. The molecular weight excluding hydrogens is 264 g/mol. The summed E-state index contributed by atoms with van der Waals surface area (Å²) in [5.74, 6) is -2.00. The van der Waals surface area contributed by atoms with E-state index in [2.05, 4.69) is 4.74 Å². The molecule has 0 rings (SSSR count). The van der Waals surface area contributed by atoms with E-state index in [0.29, 0.717) is 13.2 Å². The van der Waals surface area contributed by atoms with Crippen LogP contribution >= 0.6 is 0 Å². The van der Waals surface area contributed by atoms with Crippen LogP contribution in [0.5, 0.6) is 0 Å². The van der Waals surface area contributed by atoms with E-state index < -0.39 is 24.5 Å². The number of unbranched alkanes of at least 4 members (excludes halogenated alkanes) is 2. The van der Waals surface area contributed by atoms with E-state index in [1.807, 2.05) is 13.8 Å². The molecule has 0 aliphatic carbocycles. The van der Waals surface area contributed by atoms with Crippen molar-refractivity contribution in [3.8, 4) is 0 Å². The predicted octanol–water partition coefficient (Wildman–Crippen LogP) is 1.77. The molecule has 0 aliphatic heterocycles. The first-order valence-corrected chi connectivity index (χ1v) is 6.77. The molecule has 0 amide bonds. The van der Waals surface area contributed by atoms with Crippen molar-refractivity contribution in [2.45, 2.75) is 39.5 Å². The molecular formula is C14H22O6. The van der Waals surface area contributed by atoms with Crippen LogP contribution in [0.2, 0.25) is 0 Å². The third-order valence-electron chi connectivity index (χ3n) is 2.19. The van der Waals surface area contributed by atoms with Gasteiger partial charge in [-0.25, -0.2) is 14.4 Å². The summed E-state index contributed by atoms with van der Waals surface area (Å²) in [6.07, 6.45) is 5.26. The second kappa shape index (κ2) is 12.2. The first-order valence-electron chi connectivity index (χ1n) is 6.77. The SMILES string of the molecule is CCCCOC(=O)/C=C/C(=O)OCC(=O)OCCCC. The van der Waals surface area contributed by atoms with Gasteiger partial charge < -0.3 is 14.2 Å². The largest absolute Gasteiger partial charge is 0.463 e. The van der Waals surface area contributed by atoms with E-state index in [9.17, 15) is 14.4 Å². The van der Waals surface area contributed by atoms with E-state index in [4.69, 9.17) is 9.47 Å². The summed E-state index contributed by atoms with van der Waals surface area (Å²) < 4.78 is 14.2. The fourth-order valence-corrected chi connectivity index (χ4v) is 1.05. The van der Waals surface area contributed by atoms with Crippen molar-refractivity contribution in [2.24, 2.45) is 0 Å². The maximum absolute atomic E-state index is 11.2. The number of hydrogen-bond acceptors (Lipinski definition) is 6. The average molecular weight is 286 g/mol. The Kier molecular flexibility index (Phi) is 11.1. The molecule has 114 valence electrons. The fourth-order valence-electron chi connectivity index (χ4n) is 1.05. The third kappa shape index (κ3) is 11.3. The lowest BCUT2D eigenvalue weighted by Crippen LogP contribution is -2.16. The number of carbonyl (C=O) groups excluding carboxylic acids is 3. The number of carbonyl (C=O) groups is 3. The van der Waals surface area contributed by atoms with Gasteiger partial charge in [0.2, 0.25) is 0 Å². The molecule has 0 aromatic rings. The Morgan fingerprint density at radius 3 is 1.85 bits per heavy atom. The second-order valence-corrected chi connectivity index (χ2v) is 4.04. The molecule has 0 aliphatic rings. The highest BCUT2D eigenvalue weighted by molar-refractivity contribution is 5.92. The summed E-state index contributed by atoms with van der Waals surface area (Å²) in [6, 6.07) is 0. The van der Waals surface area contributed by atoms with E-state index in [1.54, 1.807) is 0 Å². The van der Waals surface area contributed by atoms with Gasteiger partial charge in [0, 0.05) is 12.2 Å². The standard InChI is InChI=1S/C14H22O6/c1-3-5-9-18-12(15)7-8-13(16)20-11-14(17)19-10-6-4-2/h7-8H,3-6,9-11H2,1-2H3/b8-7+. The van der Waals surface area contributed by atoms with Crippen molar-refractivity contribution >= 4 is 17.9 Å². The smallest absolute Gasteiger partial charge is 0.344 e. The topological polar surface area (TPSA) is 78.9 Å². The van der Waals surface area contributed by atoms with E-state index in [0.717, 1.165) is 37.8 Å². The third-order valence-corrected chi connectivity index (χ3v) is 2.19. The fraction of sp³-hybridized carbons (Fsp3) is 0.643. The van der Waals surface area contributed by atoms with E-state index in [1.165, 1.54) is 0 Å². The second-order valence-electron chi connectivity index (χ2n) is 4.04. The molecule has 0 atom stereocenters. The van der Waals surface area contributed by atoms with Gasteiger partial charge in [0.1, 0.15) is 0 Å². The summed E-state index contributed by atoms with van der Waals surface area (Å²) in [5.41, 5.74) is 0. The van der Waals surface area contributed by atoms with Crippen LogP contribution in [-0.2, 0) is 28.6 Å². The first kappa shape index (κ1) is 18.1. The van der Waals surface area contributed by atoms with E-state index in [-0.39, 0.29) is 0 Å². The highest BCUT2D eigenvalue weighted by Gasteiger charge is 2.06. The zero-order chi connectivity index (χ0) is 15.2. The Balaban J connectivity index is 3.76. The Bertz CT molecular complexity index is 335. The molecule has 0 aromatic carbocycles. The molecule has 0 saturated carbocycles. The van der Waals surface area contributed by atoms with Gasteiger partial charge in [-0.3, -0.25) is 0 Å². The molecule has 0 bridgehead atoms. The average Bonchev–Trinajstić information content (AvgIpc) is 2.43. The molecule has 0 spiro atoms. The van der Waals surface area contributed by atoms with Crippen molar-refractivity contribution < 1.29 is 28.6 Å². The van der Waals surface area contributed by atoms with Crippen LogP contribution in [0.3, 0.4) is 0 Å². The van der Waals surface area contributed by atoms with Gasteiger partial charge in [0.05, 0.1) is 13.2 Å². The molecule has 0 heterocycles. The lowest BCUT2D eigenvalue weighted by molar-refractivity contribution is -0.156. The molecule has 0 unspecified atom stereocenters. The number of esters is 3. The van der Waals surface area contributed by atoms with Crippen LogP contribution in [0.25, 0.3) is 0 Å². The molecule has 6 heteroatoms. The summed E-state index contributed by atoms with van der Waals surface area (Å²) in [7, 11) is 0. The monoisotopic (exact) mass is 286 g/mol. The van der Waals surface area contributed by atoms with Gasteiger partial charge in [-0.05, 0) is 12.8 Å². The van der Waals surface area contributed by atoms with Crippen LogP contribution in [0.4, 0.5) is 0 Å². The van der Waals surface area contributed by atoms with Crippen LogP contribution in [0, 0.1) is 0 Å². The van der Waals surface area contributed by atoms with Crippen LogP contribution in [-0.4, -0.2) is 37.7 Å². The van der Waals surface area contributed by atoms with Gasteiger partial charge in [-0.2, -0.15) is 0 Å². The first-order chi connectivity index (χ1) is 9.60. The number of hydrogen-bond donors (Lipinski definition) is 0. The van der Waals surface area contributed by atoms with Gasteiger partial charge in [0.15, 0.2) is 6.61 Å².